The van der Waals surface area contributed by atoms with E-state index in [0.29, 0.717) is 5.69 Å². The number of nitrogen functional groups attached to an aromatic ring is 1. The Balaban J connectivity index is 2.37. The summed E-state index contributed by atoms with van der Waals surface area (Å²) in [6.07, 6.45) is 3.40. The van der Waals surface area contributed by atoms with Gasteiger partial charge in [-0.25, -0.2) is 4.98 Å². The Bertz CT molecular complexity index is 482. The molecule has 0 fully saturated rings. The summed E-state index contributed by atoms with van der Waals surface area (Å²) in [6.45, 7) is 2.04. The van der Waals surface area contributed by atoms with Crippen LogP contribution in [-0.2, 0) is 0 Å². The van der Waals surface area contributed by atoms with Gasteiger partial charge < -0.3 is 10.3 Å². The first-order valence-electron chi connectivity index (χ1n) is 4.62. The van der Waals surface area contributed by atoms with E-state index in [4.69, 9.17) is 11.1 Å². The maximum Gasteiger partial charge on any atom is 0.143 e. The highest BCUT2D eigenvalue weighted by molar-refractivity contribution is 5.92. The van der Waals surface area contributed by atoms with Gasteiger partial charge in [0.05, 0.1) is 0 Å². The largest absolute Gasteiger partial charge is 0.382 e. The third kappa shape index (κ3) is 1.88. The van der Waals surface area contributed by atoms with Crippen molar-refractivity contribution in [3.8, 4) is 5.69 Å². The molecule has 2 aromatic rings. The molecule has 1 heterocycles. The second-order valence-electron chi connectivity index (χ2n) is 3.42. The molecule has 2 rings (SSSR count). The van der Waals surface area contributed by atoms with Crippen LogP contribution in [0.3, 0.4) is 0 Å². The van der Waals surface area contributed by atoms with Crippen LogP contribution in [0.25, 0.3) is 5.69 Å². The van der Waals surface area contributed by atoms with E-state index in [1.807, 2.05) is 35.8 Å². The number of nitrogens with two attached hydrogens (primary N) is 1. The highest BCUT2D eigenvalue weighted by Gasteiger charge is 2.02. The van der Waals surface area contributed by atoms with Gasteiger partial charge in [0.2, 0.25) is 0 Å². The van der Waals surface area contributed by atoms with Crippen molar-refractivity contribution in [2.75, 3.05) is 0 Å². The third-order valence-corrected chi connectivity index (χ3v) is 2.19. The van der Waals surface area contributed by atoms with Crippen LogP contribution in [0.2, 0.25) is 0 Å². The van der Waals surface area contributed by atoms with Crippen molar-refractivity contribution in [1.29, 1.82) is 5.41 Å². The van der Waals surface area contributed by atoms with Crippen molar-refractivity contribution in [3.05, 3.63) is 48.0 Å². The predicted molar refractivity (Wildman–Crippen MR) is 59.3 cm³/mol. The van der Waals surface area contributed by atoms with Gasteiger partial charge in [0.1, 0.15) is 17.9 Å². The Labute approximate surface area is 87.9 Å². The van der Waals surface area contributed by atoms with Crippen molar-refractivity contribution in [3.63, 3.8) is 0 Å². The fourth-order valence-corrected chi connectivity index (χ4v) is 1.32. The summed E-state index contributed by atoms with van der Waals surface area (Å²) in [5.41, 5.74) is 8.06. The van der Waals surface area contributed by atoms with Crippen LogP contribution >= 0.6 is 0 Å². The molecule has 1 aromatic heterocycles. The standard InChI is InChI=1S/C11H12N4/c1-8-2-4-9(5-3-8)15-6-10(11(12)13)14-7-15/h2-7H,1H3,(H3,12,13). The zero-order valence-electron chi connectivity index (χ0n) is 8.44. The van der Waals surface area contributed by atoms with Gasteiger partial charge in [-0.3, -0.25) is 5.41 Å². The van der Waals surface area contributed by atoms with Crippen molar-refractivity contribution in [2.45, 2.75) is 6.92 Å². The zero-order chi connectivity index (χ0) is 10.8. The third-order valence-electron chi connectivity index (χ3n) is 2.19. The van der Waals surface area contributed by atoms with Crippen LogP contribution in [-0.4, -0.2) is 15.4 Å². The number of aromatic nitrogens is 2. The molecule has 0 saturated carbocycles. The van der Waals surface area contributed by atoms with Crippen LogP contribution in [0.15, 0.2) is 36.8 Å². The molecule has 0 aliphatic carbocycles. The minimum atomic E-state index is -0.0131. The lowest BCUT2D eigenvalue weighted by atomic mass is 10.2. The maximum absolute atomic E-state index is 7.25. The smallest absolute Gasteiger partial charge is 0.143 e. The number of nitrogens with one attached hydrogen (secondary N) is 1. The predicted octanol–water partition coefficient (Wildman–Crippen LogP) is 1.46. The van der Waals surface area contributed by atoms with E-state index in [9.17, 15) is 0 Å². The summed E-state index contributed by atoms with van der Waals surface area (Å²) < 4.78 is 1.84. The Morgan fingerprint density at radius 2 is 2.00 bits per heavy atom. The first-order valence-corrected chi connectivity index (χ1v) is 4.62. The van der Waals surface area contributed by atoms with Gasteiger partial charge in [-0.15, -0.1) is 0 Å². The zero-order valence-corrected chi connectivity index (χ0v) is 8.44. The highest BCUT2D eigenvalue weighted by Crippen LogP contribution is 2.09. The molecule has 4 heteroatoms. The van der Waals surface area contributed by atoms with Gasteiger partial charge in [-0.2, -0.15) is 0 Å². The molecule has 0 saturated heterocycles. The number of benzene rings is 1. The van der Waals surface area contributed by atoms with E-state index in [1.54, 1.807) is 12.5 Å². The minimum absolute atomic E-state index is 0.0131. The quantitative estimate of drug-likeness (QED) is 0.569. The number of rotatable bonds is 2. The Morgan fingerprint density at radius 1 is 1.33 bits per heavy atom. The molecule has 0 unspecified atom stereocenters. The summed E-state index contributed by atoms with van der Waals surface area (Å²) in [6, 6.07) is 8.06. The van der Waals surface area contributed by atoms with Crippen molar-refractivity contribution < 1.29 is 0 Å². The van der Waals surface area contributed by atoms with E-state index in [2.05, 4.69) is 4.98 Å². The molecule has 0 amide bonds. The monoisotopic (exact) mass is 200 g/mol. The molecular formula is C11H12N4. The van der Waals surface area contributed by atoms with Crippen molar-refractivity contribution in [2.24, 2.45) is 5.73 Å². The van der Waals surface area contributed by atoms with Crippen molar-refractivity contribution >= 4 is 5.84 Å². The van der Waals surface area contributed by atoms with E-state index in [0.717, 1.165) is 5.69 Å². The average Bonchev–Trinajstić information content (AvgIpc) is 2.68. The van der Waals surface area contributed by atoms with Gasteiger partial charge in [0, 0.05) is 11.9 Å². The van der Waals surface area contributed by atoms with Gasteiger partial charge in [0.15, 0.2) is 0 Å². The topological polar surface area (TPSA) is 67.7 Å². The van der Waals surface area contributed by atoms with Gasteiger partial charge in [0.25, 0.3) is 0 Å². The van der Waals surface area contributed by atoms with Crippen LogP contribution in [0.5, 0.6) is 0 Å². The van der Waals surface area contributed by atoms with Gasteiger partial charge >= 0.3 is 0 Å². The molecule has 0 spiro atoms. The van der Waals surface area contributed by atoms with Crippen molar-refractivity contribution in [1.82, 2.24) is 9.55 Å². The summed E-state index contributed by atoms with van der Waals surface area (Å²) >= 11 is 0. The van der Waals surface area contributed by atoms with Crippen LogP contribution in [0.1, 0.15) is 11.3 Å². The Hall–Kier alpha value is -2.10. The molecule has 0 atom stereocenters. The minimum Gasteiger partial charge on any atom is -0.382 e. The average molecular weight is 200 g/mol. The summed E-state index contributed by atoms with van der Waals surface area (Å²) in [7, 11) is 0. The molecule has 0 bridgehead atoms. The fourth-order valence-electron chi connectivity index (χ4n) is 1.32. The number of imidazole rings is 1. The molecule has 1 aromatic carbocycles. The number of hydrogen-bond donors (Lipinski definition) is 2. The van der Waals surface area contributed by atoms with Crippen LogP contribution in [0, 0.1) is 12.3 Å². The number of aryl methyl sites for hydroxylation is 1. The number of nitrogens with zero attached hydrogens (tertiary/aromatic N) is 2. The van der Waals surface area contributed by atoms with Crippen LogP contribution in [0.4, 0.5) is 0 Å². The second kappa shape index (κ2) is 3.57. The lowest BCUT2D eigenvalue weighted by molar-refractivity contribution is 1.05. The summed E-state index contributed by atoms with van der Waals surface area (Å²) in [4.78, 5) is 4.03. The normalized spacial score (nSPS) is 10.2. The number of hydrogen-bond acceptors (Lipinski definition) is 2. The van der Waals surface area contributed by atoms with Crippen LogP contribution < -0.4 is 5.73 Å². The molecule has 76 valence electrons. The summed E-state index contributed by atoms with van der Waals surface area (Å²) in [5.74, 6) is -0.0131. The van der Waals surface area contributed by atoms with E-state index in [1.165, 1.54) is 5.56 Å². The first kappa shape index (κ1) is 9.45. The molecule has 0 aliphatic rings. The molecule has 3 N–H and O–H groups in total. The van der Waals surface area contributed by atoms with E-state index >= 15 is 0 Å². The number of amidine groups is 1. The molecule has 4 nitrogen and oxygen atoms in total. The lowest BCUT2D eigenvalue weighted by Crippen LogP contribution is -2.11. The second-order valence-corrected chi connectivity index (χ2v) is 3.42. The van der Waals surface area contributed by atoms with E-state index in [-0.39, 0.29) is 5.84 Å². The Kier molecular flexibility index (Phi) is 2.25. The van der Waals surface area contributed by atoms with Gasteiger partial charge in [-0.05, 0) is 19.1 Å². The molecule has 15 heavy (non-hydrogen) atoms. The highest BCUT2D eigenvalue weighted by atomic mass is 15.0. The van der Waals surface area contributed by atoms with E-state index < -0.39 is 0 Å². The SMILES string of the molecule is Cc1ccc(-n2cnc(C(=N)N)c2)cc1. The fraction of sp³-hybridized carbons (Fsp3) is 0.0909. The molecule has 0 aliphatic heterocycles. The molecule has 0 radical (unpaired) electrons. The summed E-state index contributed by atoms with van der Waals surface area (Å²) in [5, 5.41) is 7.25. The first-order chi connectivity index (χ1) is 7.16. The Morgan fingerprint density at radius 3 is 2.53 bits per heavy atom. The lowest BCUT2D eigenvalue weighted by Gasteiger charge is -2.01. The molecular weight excluding hydrogens is 188 g/mol. The maximum atomic E-state index is 7.25. The van der Waals surface area contributed by atoms with Gasteiger partial charge in [-0.1, -0.05) is 17.7 Å².